The maximum atomic E-state index is 11.0. The van der Waals surface area contributed by atoms with E-state index >= 15 is 0 Å². The summed E-state index contributed by atoms with van der Waals surface area (Å²) in [5.41, 5.74) is 2.36. The van der Waals surface area contributed by atoms with Gasteiger partial charge in [-0.1, -0.05) is 29.4 Å². The molecule has 1 aromatic carbocycles. The van der Waals surface area contributed by atoms with Crippen LogP contribution in [0.2, 0.25) is 0 Å². The Morgan fingerprint density at radius 3 is 2.61 bits per heavy atom. The van der Waals surface area contributed by atoms with E-state index in [2.05, 4.69) is 24.6 Å². The Bertz CT molecular complexity index is 718. The zero-order chi connectivity index (χ0) is 12.4. The van der Waals surface area contributed by atoms with Gasteiger partial charge in [0, 0.05) is 17.3 Å². The van der Waals surface area contributed by atoms with E-state index in [0.29, 0.717) is 5.82 Å². The van der Waals surface area contributed by atoms with Crippen LogP contribution in [-0.4, -0.2) is 20.1 Å². The fraction of sp³-hybridized carbons (Fsp3) is 0. The third-order valence-corrected chi connectivity index (χ3v) is 2.48. The predicted molar refractivity (Wildman–Crippen MR) is 63.6 cm³/mol. The van der Waals surface area contributed by atoms with Crippen molar-refractivity contribution >= 4 is 0 Å². The molecule has 0 aliphatic rings. The van der Waals surface area contributed by atoms with E-state index in [0.717, 1.165) is 16.8 Å². The summed E-state index contributed by atoms with van der Waals surface area (Å²) >= 11 is 0. The van der Waals surface area contributed by atoms with E-state index in [9.17, 15) is 4.79 Å². The van der Waals surface area contributed by atoms with Crippen LogP contribution in [0.1, 0.15) is 0 Å². The minimum absolute atomic E-state index is 0.384. The van der Waals surface area contributed by atoms with Crippen LogP contribution in [0.3, 0.4) is 0 Å². The molecule has 3 rings (SSSR count). The minimum atomic E-state index is -0.581. The van der Waals surface area contributed by atoms with Gasteiger partial charge in [0.1, 0.15) is 6.33 Å². The first kappa shape index (κ1) is 10.4. The zero-order valence-corrected chi connectivity index (χ0v) is 9.20. The van der Waals surface area contributed by atoms with Crippen LogP contribution in [0.4, 0.5) is 0 Å². The van der Waals surface area contributed by atoms with Crippen molar-refractivity contribution in [3.8, 4) is 22.6 Å². The van der Waals surface area contributed by atoms with E-state index in [4.69, 9.17) is 0 Å². The van der Waals surface area contributed by atoms with E-state index in [-0.39, 0.29) is 0 Å². The highest BCUT2D eigenvalue weighted by molar-refractivity contribution is 5.78. The van der Waals surface area contributed by atoms with E-state index < -0.39 is 5.76 Å². The SMILES string of the molecule is O=c1[nH]c(-c2ccccc2-c2ccncn2)no1. The molecule has 0 saturated carbocycles. The summed E-state index contributed by atoms with van der Waals surface area (Å²) in [6.45, 7) is 0. The van der Waals surface area contributed by atoms with Crippen LogP contribution in [0.25, 0.3) is 22.6 Å². The first-order valence-electron chi connectivity index (χ1n) is 5.26. The molecular formula is C12H8N4O2. The number of aromatic amines is 1. The second kappa shape index (κ2) is 4.25. The number of hydrogen-bond acceptors (Lipinski definition) is 5. The van der Waals surface area contributed by atoms with Crippen molar-refractivity contribution in [1.29, 1.82) is 0 Å². The summed E-state index contributed by atoms with van der Waals surface area (Å²) in [4.78, 5) is 21.6. The number of nitrogens with one attached hydrogen (secondary N) is 1. The predicted octanol–water partition coefficient (Wildman–Crippen LogP) is 1.49. The van der Waals surface area contributed by atoms with Gasteiger partial charge in [-0.15, -0.1) is 0 Å². The largest absolute Gasteiger partial charge is 0.439 e. The summed E-state index contributed by atoms with van der Waals surface area (Å²) < 4.78 is 4.52. The van der Waals surface area contributed by atoms with E-state index in [1.807, 2.05) is 24.3 Å². The van der Waals surface area contributed by atoms with Gasteiger partial charge in [0.15, 0.2) is 5.82 Å². The van der Waals surface area contributed by atoms with Crippen LogP contribution in [-0.2, 0) is 0 Å². The molecule has 0 unspecified atom stereocenters. The Kier molecular flexibility index (Phi) is 2.45. The van der Waals surface area contributed by atoms with E-state index in [1.54, 1.807) is 12.3 Å². The Hall–Kier alpha value is -2.76. The molecule has 0 aliphatic heterocycles. The molecule has 18 heavy (non-hydrogen) atoms. The Balaban J connectivity index is 2.20. The summed E-state index contributed by atoms with van der Waals surface area (Å²) in [5.74, 6) is -0.197. The Morgan fingerprint density at radius 2 is 1.94 bits per heavy atom. The smallest absolute Gasteiger partial charge is 0.296 e. The van der Waals surface area contributed by atoms with Gasteiger partial charge < -0.3 is 0 Å². The molecule has 0 spiro atoms. The molecule has 2 heterocycles. The second-order valence-electron chi connectivity index (χ2n) is 3.58. The summed E-state index contributed by atoms with van der Waals surface area (Å²) in [6, 6.07) is 9.26. The van der Waals surface area contributed by atoms with Crippen molar-refractivity contribution in [2.45, 2.75) is 0 Å². The van der Waals surface area contributed by atoms with Crippen molar-refractivity contribution in [2.24, 2.45) is 0 Å². The van der Waals surface area contributed by atoms with Crippen LogP contribution in [0.5, 0.6) is 0 Å². The highest BCUT2D eigenvalue weighted by Crippen LogP contribution is 2.27. The third kappa shape index (κ3) is 1.80. The van der Waals surface area contributed by atoms with E-state index in [1.165, 1.54) is 6.33 Å². The second-order valence-corrected chi connectivity index (χ2v) is 3.58. The molecular weight excluding hydrogens is 232 g/mol. The molecule has 0 bridgehead atoms. The van der Waals surface area contributed by atoms with Crippen molar-refractivity contribution in [1.82, 2.24) is 20.1 Å². The number of aromatic nitrogens is 4. The molecule has 3 aromatic rings. The summed E-state index contributed by atoms with van der Waals surface area (Å²) in [6.07, 6.45) is 3.13. The van der Waals surface area contributed by atoms with Gasteiger partial charge in [-0.2, -0.15) is 0 Å². The number of nitrogens with zero attached hydrogens (tertiary/aromatic N) is 3. The van der Waals surface area contributed by atoms with Gasteiger partial charge >= 0.3 is 5.76 Å². The topological polar surface area (TPSA) is 84.7 Å². The summed E-state index contributed by atoms with van der Waals surface area (Å²) in [7, 11) is 0. The molecule has 0 fully saturated rings. The lowest BCUT2D eigenvalue weighted by molar-refractivity contribution is 0.388. The van der Waals surface area contributed by atoms with Gasteiger partial charge in [-0.3, -0.25) is 9.51 Å². The van der Waals surface area contributed by atoms with Gasteiger partial charge in [-0.05, 0) is 6.07 Å². The molecule has 6 heteroatoms. The number of rotatable bonds is 2. The van der Waals surface area contributed by atoms with Gasteiger partial charge in [0.2, 0.25) is 0 Å². The molecule has 0 aliphatic carbocycles. The van der Waals surface area contributed by atoms with Crippen LogP contribution in [0.15, 0.2) is 52.2 Å². The van der Waals surface area contributed by atoms with Crippen LogP contribution in [0, 0.1) is 0 Å². The maximum Gasteiger partial charge on any atom is 0.439 e. The Labute approximate surface area is 101 Å². The lowest BCUT2D eigenvalue weighted by Gasteiger charge is -2.04. The fourth-order valence-corrected chi connectivity index (χ4v) is 1.71. The molecule has 0 atom stereocenters. The molecule has 0 radical (unpaired) electrons. The first-order valence-corrected chi connectivity index (χ1v) is 5.26. The summed E-state index contributed by atoms with van der Waals surface area (Å²) in [5, 5.41) is 3.69. The van der Waals surface area contributed by atoms with Crippen molar-refractivity contribution in [3.63, 3.8) is 0 Å². The molecule has 6 nitrogen and oxygen atoms in total. The maximum absolute atomic E-state index is 11.0. The fourth-order valence-electron chi connectivity index (χ4n) is 1.71. The molecule has 88 valence electrons. The van der Waals surface area contributed by atoms with Crippen LogP contribution >= 0.6 is 0 Å². The molecule has 2 aromatic heterocycles. The van der Waals surface area contributed by atoms with Crippen molar-refractivity contribution in [2.75, 3.05) is 0 Å². The van der Waals surface area contributed by atoms with Crippen molar-refractivity contribution in [3.05, 3.63) is 53.4 Å². The average molecular weight is 240 g/mol. The highest BCUT2D eigenvalue weighted by Gasteiger charge is 2.11. The van der Waals surface area contributed by atoms with Crippen LogP contribution < -0.4 is 5.76 Å². The van der Waals surface area contributed by atoms with Gasteiger partial charge in [0.05, 0.1) is 5.69 Å². The molecule has 1 N–H and O–H groups in total. The quantitative estimate of drug-likeness (QED) is 0.733. The third-order valence-electron chi connectivity index (χ3n) is 2.48. The Morgan fingerprint density at radius 1 is 1.11 bits per heavy atom. The van der Waals surface area contributed by atoms with Gasteiger partial charge in [0.25, 0.3) is 0 Å². The number of hydrogen-bond donors (Lipinski definition) is 1. The number of H-pyrrole nitrogens is 1. The molecule has 0 amide bonds. The highest BCUT2D eigenvalue weighted by atomic mass is 16.5. The minimum Gasteiger partial charge on any atom is -0.296 e. The lowest BCUT2D eigenvalue weighted by atomic mass is 10.0. The van der Waals surface area contributed by atoms with Gasteiger partial charge in [-0.25, -0.2) is 14.8 Å². The normalized spacial score (nSPS) is 10.4. The lowest BCUT2D eigenvalue weighted by Crippen LogP contribution is -1.96. The standard InChI is InChI=1S/C12H8N4O2/c17-12-15-11(16-18-12)9-4-2-1-3-8(9)10-5-6-13-7-14-10/h1-7H,(H,15,16,17). The average Bonchev–Trinajstić information content (AvgIpc) is 2.86. The monoisotopic (exact) mass is 240 g/mol. The molecule has 0 saturated heterocycles. The number of benzene rings is 1. The van der Waals surface area contributed by atoms with Crippen molar-refractivity contribution < 1.29 is 4.52 Å². The first-order chi connectivity index (χ1) is 8.84. The zero-order valence-electron chi connectivity index (χ0n) is 9.20.